The second-order valence-corrected chi connectivity index (χ2v) is 5.76. The molecule has 0 radical (unpaired) electrons. The molecule has 0 spiro atoms. The number of aromatic nitrogens is 2. The van der Waals surface area contributed by atoms with Gasteiger partial charge in [-0.15, -0.1) is 11.3 Å². The Balaban J connectivity index is 1.67. The zero-order chi connectivity index (χ0) is 13.1. The monoisotopic (exact) mass is 278 g/mol. The number of hydrogen-bond donors (Lipinski definition) is 1. The molecule has 0 aliphatic carbocycles. The van der Waals surface area contributed by atoms with E-state index in [0.717, 1.165) is 24.5 Å². The predicted molar refractivity (Wildman–Crippen MR) is 75.0 cm³/mol. The van der Waals surface area contributed by atoms with E-state index in [9.17, 15) is 0 Å². The Morgan fingerprint density at radius 1 is 1.58 bits per heavy atom. The van der Waals surface area contributed by atoms with E-state index in [-0.39, 0.29) is 0 Å². The van der Waals surface area contributed by atoms with Crippen LogP contribution in [0.4, 0.5) is 0 Å². The molecule has 1 fully saturated rings. The molecule has 1 aliphatic rings. The Morgan fingerprint density at radius 2 is 2.53 bits per heavy atom. The number of hydrogen-bond acceptors (Lipinski definition) is 6. The highest BCUT2D eigenvalue weighted by Crippen LogP contribution is 2.23. The van der Waals surface area contributed by atoms with Crippen LogP contribution in [0.1, 0.15) is 18.7 Å². The van der Waals surface area contributed by atoms with Gasteiger partial charge in [0.15, 0.2) is 0 Å². The van der Waals surface area contributed by atoms with Crippen LogP contribution in [0.15, 0.2) is 22.0 Å². The van der Waals surface area contributed by atoms with Gasteiger partial charge in [0.25, 0.3) is 0 Å². The Morgan fingerprint density at radius 3 is 3.32 bits per heavy atom. The molecule has 0 amide bonds. The zero-order valence-corrected chi connectivity index (χ0v) is 11.8. The fraction of sp³-hybridized carbons (Fsp3) is 0.538. The molecule has 1 aliphatic heterocycles. The van der Waals surface area contributed by atoms with Gasteiger partial charge in [-0.25, -0.2) is 0 Å². The summed E-state index contributed by atoms with van der Waals surface area (Å²) in [6.45, 7) is 2.89. The van der Waals surface area contributed by atoms with Crippen LogP contribution in [-0.2, 0) is 6.54 Å². The van der Waals surface area contributed by atoms with E-state index in [4.69, 9.17) is 4.52 Å². The molecular formula is C13H18N4OS. The van der Waals surface area contributed by atoms with Gasteiger partial charge >= 0.3 is 0 Å². The highest BCUT2D eigenvalue weighted by Gasteiger charge is 2.25. The molecule has 3 heterocycles. The summed E-state index contributed by atoms with van der Waals surface area (Å²) in [5, 5.41) is 9.32. The number of nitrogens with one attached hydrogen (secondary N) is 1. The third-order valence-electron chi connectivity index (χ3n) is 3.49. The van der Waals surface area contributed by atoms with Crippen molar-refractivity contribution in [3.63, 3.8) is 0 Å². The van der Waals surface area contributed by atoms with Crippen LogP contribution in [0.2, 0.25) is 0 Å². The number of nitrogens with zero attached hydrogens (tertiary/aromatic N) is 3. The third-order valence-corrected chi connectivity index (χ3v) is 4.35. The maximum Gasteiger partial charge on any atom is 0.241 e. The Kier molecular flexibility index (Phi) is 3.91. The van der Waals surface area contributed by atoms with Gasteiger partial charge in [-0.1, -0.05) is 11.2 Å². The average Bonchev–Trinajstić information content (AvgIpc) is 3.12. The summed E-state index contributed by atoms with van der Waals surface area (Å²) in [6, 6.07) is 4.60. The highest BCUT2D eigenvalue weighted by molar-refractivity contribution is 7.13. The van der Waals surface area contributed by atoms with Crippen LogP contribution in [0.5, 0.6) is 0 Å². The van der Waals surface area contributed by atoms with Crippen molar-refractivity contribution in [1.82, 2.24) is 20.4 Å². The van der Waals surface area contributed by atoms with Crippen molar-refractivity contribution in [2.24, 2.45) is 0 Å². The van der Waals surface area contributed by atoms with Crippen LogP contribution in [0.25, 0.3) is 10.7 Å². The van der Waals surface area contributed by atoms with Gasteiger partial charge in [0.05, 0.1) is 11.4 Å². The predicted octanol–water partition coefficient (Wildman–Crippen LogP) is 1.98. The van der Waals surface area contributed by atoms with Gasteiger partial charge in [0, 0.05) is 12.6 Å². The normalized spacial score (nSPS) is 20.2. The molecule has 5 nitrogen and oxygen atoms in total. The molecule has 2 aromatic heterocycles. The molecule has 2 aromatic rings. The van der Waals surface area contributed by atoms with E-state index >= 15 is 0 Å². The van der Waals surface area contributed by atoms with Gasteiger partial charge in [-0.3, -0.25) is 4.90 Å². The molecule has 3 rings (SSSR count). The largest absolute Gasteiger partial charge is 0.338 e. The van der Waals surface area contributed by atoms with E-state index in [2.05, 4.69) is 20.4 Å². The molecule has 0 aromatic carbocycles. The van der Waals surface area contributed by atoms with Crippen molar-refractivity contribution in [1.29, 1.82) is 0 Å². The maximum atomic E-state index is 5.36. The topological polar surface area (TPSA) is 54.2 Å². The molecule has 102 valence electrons. The molecule has 1 atom stereocenters. The summed E-state index contributed by atoms with van der Waals surface area (Å²) in [5.41, 5.74) is 0. The third kappa shape index (κ3) is 2.86. The molecule has 1 N–H and O–H groups in total. The first kappa shape index (κ1) is 12.8. The summed E-state index contributed by atoms with van der Waals surface area (Å²) in [4.78, 5) is 7.96. The Labute approximate surface area is 116 Å². The lowest BCUT2D eigenvalue weighted by Crippen LogP contribution is -2.36. The van der Waals surface area contributed by atoms with Crippen molar-refractivity contribution in [2.45, 2.75) is 25.4 Å². The van der Waals surface area contributed by atoms with Crippen LogP contribution in [0.3, 0.4) is 0 Å². The van der Waals surface area contributed by atoms with Gasteiger partial charge in [0.2, 0.25) is 11.7 Å². The maximum absolute atomic E-state index is 5.36. The molecule has 0 bridgehead atoms. The van der Waals surface area contributed by atoms with E-state index in [1.807, 2.05) is 24.6 Å². The van der Waals surface area contributed by atoms with Crippen LogP contribution >= 0.6 is 11.3 Å². The Bertz CT molecular complexity index is 510. The van der Waals surface area contributed by atoms with Crippen molar-refractivity contribution in [2.75, 3.05) is 20.1 Å². The lowest BCUT2D eigenvalue weighted by molar-refractivity contribution is 0.209. The summed E-state index contributed by atoms with van der Waals surface area (Å²) in [7, 11) is 2.00. The Hall–Kier alpha value is -1.24. The molecular weight excluding hydrogens is 260 g/mol. The first-order valence-corrected chi connectivity index (χ1v) is 7.50. The average molecular weight is 278 g/mol. The second-order valence-electron chi connectivity index (χ2n) is 4.81. The molecule has 1 saturated heterocycles. The van der Waals surface area contributed by atoms with Crippen molar-refractivity contribution in [3.05, 3.63) is 23.4 Å². The lowest BCUT2D eigenvalue weighted by atomic mass is 10.2. The molecule has 1 unspecified atom stereocenters. The number of thiophene rings is 1. The van der Waals surface area contributed by atoms with Crippen molar-refractivity contribution in [3.8, 4) is 10.7 Å². The molecule has 19 heavy (non-hydrogen) atoms. The molecule has 0 saturated carbocycles. The number of likely N-dealkylation sites (N-methyl/N-ethyl adjacent to an activating group) is 1. The summed E-state index contributed by atoms with van der Waals surface area (Å²) >= 11 is 1.63. The van der Waals surface area contributed by atoms with Gasteiger partial charge in [-0.2, -0.15) is 4.98 Å². The second kappa shape index (κ2) is 5.81. The van der Waals surface area contributed by atoms with Crippen LogP contribution in [0, 0.1) is 0 Å². The van der Waals surface area contributed by atoms with Gasteiger partial charge in [-0.05, 0) is 37.9 Å². The smallest absolute Gasteiger partial charge is 0.241 e. The van der Waals surface area contributed by atoms with Crippen molar-refractivity contribution < 1.29 is 4.52 Å². The minimum Gasteiger partial charge on any atom is -0.338 e. The van der Waals surface area contributed by atoms with Crippen LogP contribution in [-0.4, -0.2) is 41.2 Å². The van der Waals surface area contributed by atoms with E-state index in [1.165, 1.54) is 12.8 Å². The summed E-state index contributed by atoms with van der Waals surface area (Å²) in [6.07, 6.45) is 2.49. The van der Waals surface area contributed by atoms with Crippen LogP contribution < -0.4 is 5.32 Å². The van der Waals surface area contributed by atoms with Gasteiger partial charge in [0.1, 0.15) is 0 Å². The molecule has 6 heteroatoms. The zero-order valence-electron chi connectivity index (χ0n) is 11.0. The first-order chi connectivity index (χ1) is 9.36. The van der Waals surface area contributed by atoms with Crippen molar-refractivity contribution >= 4 is 11.3 Å². The highest BCUT2D eigenvalue weighted by atomic mass is 32.1. The standard InChI is InChI=1S/C13H18N4OS/c1-14-8-10-4-2-6-17(10)9-12-15-13(16-18-12)11-5-3-7-19-11/h3,5,7,10,14H,2,4,6,8-9H2,1H3. The number of rotatable bonds is 5. The minimum atomic E-state index is 0.585. The fourth-order valence-corrected chi connectivity index (χ4v) is 3.22. The summed E-state index contributed by atoms with van der Waals surface area (Å²) < 4.78 is 5.36. The summed E-state index contributed by atoms with van der Waals surface area (Å²) in [5.74, 6) is 1.42. The van der Waals surface area contributed by atoms with Gasteiger partial charge < -0.3 is 9.84 Å². The van der Waals surface area contributed by atoms with E-state index in [1.54, 1.807) is 11.3 Å². The van der Waals surface area contributed by atoms with E-state index < -0.39 is 0 Å². The van der Waals surface area contributed by atoms with E-state index in [0.29, 0.717) is 17.8 Å². The lowest BCUT2D eigenvalue weighted by Gasteiger charge is -2.22. The first-order valence-electron chi connectivity index (χ1n) is 6.62. The minimum absolute atomic E-state index is 0.585. The fourth-order valence-electron chi connectivity index (χ4n) is 2.57. The number of likely N-dealkylation sites (tertiary alicyclic amines) is 1. The SMILES string of the molecule is CNCC1CCCN1Cc1nc(-c2cccs2)no1. The quantitative estimate of drug-likeness (QED) is 0.906.